The Hall–Kier alpha value is -2.31. The van der Waals surface area contributed by atoms with Gasteiger partial charge in [-0.15, -0.1) is 0 Å². The molecule has 7 heteroatoms. The van der Waals surface area contributed by atoms with Crippen molar-refractivity contribution in [1.82, 2.24) is 10.3 Å². The highest BCUT2D eigenvalue weighted by Crippen LogP contribution is 2.28. The zero-order chi connectivity index (χ0) is 13.8. The first-order valence-electron chi connectivity index (χ1n) is 6.15. The lowest BCUT2D eigenvalue weighted by Gasteiger charge is -2.08. The number of pyridine rings is 1. The second kappa shape index (κ2) is 5.55. The van der Waals surface area contributed by atoms with Crippen LogP contribution in [0.15, 0.2) is 12.3 Å². The molecule has 0 unspecified atom stereocenters. The molecule has 102 valence electrons. The van der Waals surface area contributed by atoms with Crippen molar-refractivity contribution in [3.63, 3.8) is 0 Å². The van der Waals surface area contributed by atoms with Crippen molar-refractivity contribution in [1.29, 1.82) is 0 Å². The Morgan fingerprint density at radius 1 is 1.37 bits per heavy atom. The molecule has 1 fully saturated rings. The van der Waals surface area contributed by atoms with Gasteiger partial charge in [0.2, 0.25) is 5.91 Å². The van der Waals surface area contributed by atoms with E-state index in [1.807, 2.05) is 0 Å². The molecule has 0 saturated heterocycles. The third-order valence-electron chi connectivity index (χ3n) is 2.88. The van der Waals surface area contributed by atoms with E-state index in [1.165, 1.54) is 12.3 Å². The van der Waals surface area contributed by atoms with Crippen LogP contribution in [0.1, 0.15) is 23.2 Å². The van der Waals surface area contributed by atoms with Crippen molar-refractivity contribution in [2.24, 2.45) is 11.7 Å². The molecule has 1 heterocycles. The normalized spacial score (nSPS) is 13.9. The summed E-state index contributed by atoms with van der Waals surface area (Å²) in [5.74, 6) is 0.217. The van der Waals surface area contributed by atoms with Gasteiger partial charge in [-0.2, -0.15) is 0 Å². The number of nitrogens with one attached hydrogen (secondary N) is 2. The number of rotatable bonds is 6. The molecule has 19 heavy (non-hydrogen) atoms. The molecule has 0 aromatic carbocycles. The Labute approximate surface area is 110 Å². The Morgan fingerprint density at radius 3 is 2.74 bits per heavy atom. The number of anilines is 2. The van der Waals surface area contributed by atoms with Gasteiger partial charge in [0.1, 0.15) is 5.82 Å². The molecule has 0 atom stereocenters. The van der Waals surface area contributed by atoms with E-state index in [0.717, 1.165) is 12.8 Å². The number of hydrogen-bond acceptors (Lipinski definition) is 5. The van der Waals surface area contributed by atoms with Crippen LogP contribution in [0.5, 0.6) is 0 Å². The van der Waals surface area contributed by atoms with Gasteiger partial charge in [0.15, 0.2) is 0 Å². The fraction of sp³-hybridized carbons (Fsp3) is 0.417. The zero-order valence-electron chi connectivity index (χ0n) is 10.5. The standard InChI is InChI=1S/C12H17N5O2/c13-9-6-17-10(5-8(9)11(14)18)15-3-4-16-12(19)7-1-2-7/h5-7H,1-4,13H2,(H2,14,18)(H,15,17)(H,16,19). The minimum absolute atomic E-state index is 0.102. The summed E-state index contributed by atoms with van der Waals surface area (Å²) in [6.45, 7) is 1.03. The molecule has 1 saturated carbocycles. The van der Waals surface area contributed by atoms with E-state index < -0.39 is 5.91 Å². The van der Waals surface area contributed by atoms with E-state index in [2.05, 4.69) is 15.6 Å². The molecule has 1 aliphatic rings. The average molecular weight is 263 g/mol. The van der Waals surface area contributed by atoms with Crippen molar-refractivity contribution in [2.75, 3.05) is 24.1 Å². The number of nitrogens with zero attached hydrogens (tertiary/aromatic N) is 1. The molecule has 0 aliphatic heterocycles. The number of amides is 2. The molecule has 2 rings (SSSR count). The van der Waals surface area contributed by atoms with Gasteiger partial charge in [0.25, 0.3) is 5.91 Å². The van der Waals surface area contributed by atoms with Crippen molar-refractivity contribution in [2.45, 2.75) is 12.8 Å². The van der Waals surface area contributed by atoms with E-state index in [1.54, 1.807) is 0 Å². The van der Waals surface area contributed by atoms with Gasteiger partial charge in [-0.05, 0) is 18.9 Å². The molecule has 6 N–H and O–H groups in total. The minimum atomic E-state index is -0.593. The lowest BCUT2D eigenvalue weighted by Crippen LogP contribution is -2.30. The number of carbonyl (C=O) groups excluding carboxylic acids is 2. The molecule has 0 radical (unpaired) electrons. The molecular weight excluding hydrogens is 246 g/mol. The highest BCUT2D eigenvalue weighted by Gasteiger charge is 2.28. The van der Waals surface area contributed by atoms with E-state index in [0.29, 0.717) is 18.9 Å². The Balaban J connectivity index is 1.80. The fourth-order valence-electron chi connectivity index (χ4n) is 1.64. The lowest BCUT2D eigenvalue weighted by molar-refractivity contribution is -0.122. The smallest absolute Gasteiger partial charge is 0.250 e. The van der Waals surface area contributed by atoms with Crippen LogP contribution in [0.25, 0.3) is 0 Å². The van der Waals surface area contributed by atoms with Gasteiger partial charge >= 0.3 is 0 Å². The van der Waals surface area contributed by atoms with Gasteiger partial charge < -0.3 is 22.1 Å². The minimum Gasteiger partial charge on any atom is -0.397 e. The third-order valence-corrected chi connectivity index (χ3v) is 2.88. The predicted molar refractivity (Wildman–Crippen MR) is 71.4 cm³/mol. The molecule has 1 aromatic rings. The van der Waals surface area contributed by atoms with E-state index >= 15 is 0 Å². The average Bonchev–Trinajstić information content (AvgIpc) is 3.20. The Kier molecular flexibility index (Phi) is 3.84. The monoisotopic (exact) mass is 263 g/mol. The van der Waals surface area contributed by atoms with Crippen molar-refractivity contribution in [3.8, 4) is 0 Å². The van der Waals surface area contributed by atoms with Crippen LogP contribution < -0.4 is 22.1 Å². The Morgan fingerprint density at radius 2 is 2.11 bits per heavy atom. The summed E-state index contributed by atoms with van der Waals surface area (Å²) >= 11 is 0. The molecule has 0 spiro atoms. The van der Waals surface area contributed by atoms with Crippen LogP contribution in [-0.2, 0) is 4.79 Å². The topological polar surface area (TPSA) is 123 Å². The van der Waals surface area contributed by atoms with E-state index in [-0.39, 0.29) is 23.1 Å². The molecule has 1 aliphatic carbocycles. The zero-order valence-corrected chi connectivity index (χ0v) is 10.5. The maximum absolute atomic E-state index is 11.4. The van der Waals surface area contributed by atoms with Crippen LogP contribution in [0.3, 0.4) is 0 Å². The van der Waals surface area contributed by atoms with Gasteiger partial charge in [-0.1, -0.05) is 0 Å². The van der Waals surface area contributed by atoms with Crippen molar-refractivity contribution < 1.29 is 9.59 Å². The first-order valence-corrected chi connectivity index (χ1v) is 6.15. The summed E-state index contributed by atoms with van der Waals surface area (Å²) in [7, 11) is 0. The van der Waals surface area contributed by atoms with Gasteiger partial charge in [0, 0.05) is 19.0 Å². The second-order valence-electron chi connectivity index (χ2n) is 4.51. The maximum atomic E-state index is 11.4. The number of hydrogen-bond donors (Lipinski definition) is 4. The summed E-state index contributed by atoms with van der Waals surface area (Å²) in [5, 5.41) is 5.81. The van der Waals surface area contributed by atoms with Gasteiger partial charge in [-0.3, -0.25) is 9.59 Å². The lowest BCUT2D eigenvalue weighted by atomic mass is 10.2. The van der Waals surface area contributed by atoms with E-state index in [4.69, 9.17) is 11.5 Å². The SMILES string of the molecule is NC(=O)c1cc(NCCNC(=O)C2CC2)ncc1N. The van der Waals surface area contributed by atoms with Gasteiger partial charge in [-0.25, -0.2) is 4.98 Å². The first-order chi connectivity index (χ1) is 9.08. The highest BCUT2D eigenvalue weighted by atomic mass is 16.2. The number of carbonyl (C=O) groups is 2. The van der Waals surface area contributed by atoms with Crippen LogP contribution in [0, 0.1) is 5.92 Å². The van der Waals surface area contributed by atoms with Gasteiger partial charge in [0.05, 0.1) is 17.4 Å². The van der Waals surface area contributed by atoms with Crippen molar-refractivity contribution >= 4 is 23.3 Å². The highest BCUT2D eigenvalue weighted by molar-refractivity contribution is 5.98. The molecule has 2 amide bonds. The van der Waals surface area contributed by atoms with Crippen LogP contribution >= 0.6 is 0 Å². The summed E-state index contributed by atoms with van der Waals surface area (Å²) < 4.78 is 0. The quantitative estimate of drug-likeness (QED) is 0.525. The molecule has 0 bridgehead atoms. The van der Waals surface area contributed by atoms with Crippen molar-refractivity contribution in [3.05, 3.63) is 17.8 Å². The largest absolute Gasteiger partial charge is 0.397 e. The number of nitrogens with two attached hydrogens (primary N) is 2. The Bertz CT molecular complexity index is 499. The fourth-order valence-corrected chi connectivity index (χ4v) is 1.64. The van der Waals surface area contributed by atoms with Crippen LogP contribution in [0.4, 0.5) is 11.5 Å². The third kappa shape index (κ3) is 3.57. The van der Waals surface area contributed by atoms with E-state index in [9.17, 15) is 9.59 Å². The molecule has 7 nitrogen and oxygen atoms in total. The van der Waals surface area contributed by atoms with Crippen LogP contribution in [0.2, 0.25) is 0 Å². The number of nitrogen functional groups attached to an aromatic ring is 1. The summed E-state index contributed by atoms with van der Waals surface area (Å²) in [6.07, 6.45) is 3.35. The summed E-state index contributed by atoms with van der Waals surface area (Å²) in [5.41, 5.74) is 11.2. The maximum Gasteiger partial charge on any atom is 0.250 e. The molecular formula is C12H17N5O2. The second-order valence-corrected chi connectivity index (χ2v) is 4.51. The predicted octanol–water partition coefficient (Wildman–Crippen LogP) is -0.299. The van der Waals surface area contributed by atoms with Crippen LogP contribution in [-0.4, -0.2) is 29.9 Å². The number of primary amides is 1. The summed E-state index contributed by atoms with van der Waals surface area (Å²) in [6, 6.07) is 1.50. The number of aromatic nitrogens is 1. The molecule has 1 aromatic heterocycles. The first kappa shape index (κ1) is 13.1. The summed E-state index contributed by atoms with van der Waals surface area (Å²) in [4.78, 5) is 26.5.